The molecule has 2 aliphatic rings. The van der Waals surface area contributed by atoms with Crippen LogP contribution in [-0.4, -0.2) is 25.2 Å². The van der Waals surface area contributed by atoms with Gasteiger partial charge in [-0.3, -0.25) is 0 Å². The smallest absolute Gasteiger partial charge is 0.0401 e. The topological polar surface area (TPSA) is 15.3 Å². The van der Waals surface area contributed by atoms with Gasteiger partial charge in [0.25, 0.3) is 0 Å². The minimum absolute atomic E-state index is 0.703. The third-order valence-electron chi connectivity index (χ3n) is 4.75. The average Bonchev–Trinajstić information content (AvgIpc) is 3.29. The summed E-state index contributed by atoms with van der Waals surface area (Å²) in [5.41, 5.74) is 3.03. The normalized spacial score (nSPS) is 21.9. The second kappa shape index (κ2) is 6.62. The van der Waals surface area contributed by atoms with E-state index in [2.05, 4.69) is 41.4 Å². The lowest BCUT2D eigenvalue weighted by Gasteiger charge is -2.37. The van der Waals surface area contributed by atoms with Crippen LogP contribution in [0.1, 0.15) is 51.0 Å². The number of anilines is 1. The van der Waals surface area contributed by atoms with Crippen molar-refractivity contribution >= 4 is 5.69 Å². The predicted molar refractivity (Wildman–Crippen MR) is 86.4 cm³/mol. The zero-order valence-electron chi connectivity index (χ0n) is 12.8. The first-order valence-electron chi connectivity index (χ1n) is 8.42. The highest BCUT2D eigenvalue weighted by molar-refractivity contribution is 5.56. The number of unbranched alkanes of at least 4 members (excludes halogenated alkanes) is 2. The van der Waals surface area contributed by atoms with E-state index in [1.54, 1.807) is 5.56 Å². The highest BCUT2D eigenvalue weighted by Crippen LogP contribution is 2.30. The quantitative estimate of drug-likeness (QED) is 0.761. The summed E-state index contributed by atoms with van der Waals surface area (Å²) in [7, 11) is 0. The van der Waals surface area contributed by atoms with Crippen LogP contribution in [0.25, 0.3) is 0 Å². The minimum atomic E-state index is 0.703. The molecule has 0 amide bonds. The molecule has 3 rings (SSSR count). The number of nitrogens with zero attached hydrogens (tertiary/aromatic N) is 1. The lowest BCUT2D eigenvalue weighted by Crippen LogP contribution is -2.38. The van der Waals surface area contributed by atoms with Crippen molar-refractivity contribution in [3.05, 3.63) is 29.8 Å². The first-order valence-corrected chi connectivity index (χ1v) is 8.42. The van der Waals surface area contributed by atoms with E-state index in [1.165, 1.54) is 63.7 Å². The molecule has 0 spiro atoms. The van der Waals surface area contributed by atoms with E-state index in [1.807, 2.05) is 0 Å². The highest BCUT2D eigenvalue weighted by atomic mass is 15.2. The number of rotatable bonds is 7. The lowest BCUT2D eigenvalue weighted by atomic mass is 9.96. The maximum absolute atomic E-state index is 3.61. The van der Waals surface area contributed by atoms with Gasteiger partial charge in [0, 0.05) is 24.3 Å². The molecule has 1 aliphatic heterocycles. The summed E-state index contributed by atoms with van der Waals surface area (Å²) in [6.07, 6.45) is 9.38. The summed E-state index contributed by atoms with van der Waals surface area (Å²) in [5, 5.41) is 3.61. The largest absolute Gasteiger partial charge is 0.369 e. The fourth-order valence-electron chi connectivity index (χ4n) is 3.28. The Bertz CT molecular complexity index is 425. The zero-order valence-corrected chi connectivity index (χ0v) is 12.8. The molecular formula is C18H28N2. The Kier molecular flexibility index (Phi) is 4.62. The summed E-state index contributed by atoms with van der Waals surface area (Å²) in [5.74, 6) is 0. The Morgan fingerprint density at radius 2 is 1.95 bits per heavy atom. The number of fused-ring (bicyclic) bond motifs is 1. The Hall–Kier alpha value is -1.02. The molecule has 0 aromatic heterocycles. The van der Waals surface area contributed by atoms with Gasteiger partial charge in [-0.15, -0.1) is 0 Å². The van der Waals surface area contributed by atoms with Crippen molar-refractivity contribution in [2.24, 2.45) is 0 Å². The van der Waals surface area contributed by atoms with Crippen LogP contribution in [0.4, 0.5) is 5.69 Å². The molecule has 0 bridgehead atoms. The van der Waals surface area contributed by atoms with Gasteiger partial charge in [-0.05, 0) is 63.6 Å². The number of para-hydroxylation sites is 1. The molecule has 1 heterocycles. The van der Waals surface area contributed by atoms with Crippen LogP contribution in [0.5, 0.6) is 0 Å². The third-order valence-corrected chi connectivity index (χ3v) is 4.75. The van der Waals surface area contributed by atoms with Gasteiger partial charge in [-0.1, -0.05) is 24.6 Å². The summed E-state index contributed by atoms with van der Waals surface area (Å²) in [6, 6.07) is 10.5. The molecule has 0 radical (unpaired) electrons. The third kappa shape index (κ3) is 3.54. The lowest BCUT2D eigenvalue weighted by molar-refractivity contribution is 0.532. The molecule has 1 atom stereocenters. The van der Waals surface area contributed by atoms with Gasteiger partial charge >= 0.3 is 0 Å². The van der Waals surface area contributed by atoms with E-state index in [0.29, 0.717) is 6.04 Å². The van der Waals surface area contributed by atoms with E-state index in [4.69, 9.17) is 0 Å². The fourth-order valence-corrected chi connectivity index (χ4v) is 3.28. The van der Waals surface area contributed by atoms with Gasteiger partial charge in [-0.25, -0.2) is 0 Å². The fraction of sp³-hybridized carbons (Fsp3) is 0.667. The highest BCUT2D eigenvalue weighted by Gasteiger charge is 2.22. The number of hydrogen-bond donors (Lipinski definition) is 1. The molecule has 0 saturated heterocycles. The standard InChI is InChI=1S/C18H28N2/c1-15-9-10-16-7-3-4-8-18(16)20(15)14-6-2-5-13-19-17-11-12-17/h3-4,7-8,15,17,19H,2,5-6,9-14H2,1H3. The molecule has 1 aromatic carbocycles. The Balaban J connectivity index is 1.43. The van der Waals surface area contributed by atoms with E-state index < -0.39 is 0 Å². The number of nitrogens with one attached hydrogen (secondary N) is 1. The summed E-state index contributed by atoms with van der Waals surface area (Å²) in [4.78, 5) is 2.63. The summed E-state index contributed by atoms with van der Waals surface area (Å²) in [6.45, 7) is 4.82. The molecule has 110 valence electrons. The number of aryl methyl sites for hydroxylation is 1. The molecule has 1 aromatic rings. The zero-order chi connectivity index (χ0) is 13.8. The molecule has 2 heteroatoms. The maximum atomic E-state index is 3.61. The molecular weight excluding hydrogens is 244 g/mol. The van der Waals surface area contributed by atoms with Crippen molar-refractivity contribution in [1.29, 1.82) is 0 Å². The maximum Gasteiger partial charge on any atom is 0.0401 e. The molecule has 1 unspecified atom stereocenters. The average molecular weight is 272 g/mol. The summed E-state index contributed by atoms with van der Waals surface area (Å²) < 4.78 is 0. The van der Waals surface area contributed by atoms with Gasteiger partial charge < -0.3 is 10.2 Å². The van der Waals surface area contributed by atoms with Gasteiger partial charge in [0.1, 0.15) is 0 Å². The van der Waals surface area contributed by atoms with Crippen LogP contribution in [0.3, 0.4) is 0 Å². The van der Waals surface area contributed by atoms with Crippen molar-refractivity contribution in [2.75, 3.05) is 18.0 Å². The first-order chi connectivity index (χ1) is 9.84. The van der Waals surface area contributed by atoms with Crippen LogP contribution in [0, 0.1) is 0 Å². The minimum Gasteiger partial charge on any atom is -0.369 e. The molecule has 1 saturated carbocycles. The van der Waals surface area contributed by atoms with Crippen molar-refractivity contribution in [3.63, 3.8) is 0 Å². The summed E-state index contributed by atoms with van der Waals surface area (Å²) >= 11 is 0. The number of benzene rings is 1. The van der Waals surface area contributed by atoms with Crippen LogP contribution in [0.2, 0.25) is 0 Å². The van der Waals surface area contributed by atoms with Crippen molar-refractivity contribution < 1.29 is 0 Å². The monoisotopic (exact) mass is 272 g/mol. The van der Waals surface area contributed by atoms with Crippen molar-refractivity contribution in [1.82, 2.24) is 5.32 Å². The van der Waals surface area contributed by atoms with Gasteiger partial charge in [0.2, 0.25) is 0 Å². The Morgan fingerprint density at radius 3 is 2.80 bits per heavy atom. The predicted octanol–water partition coefficient (Wildman–Crippen LogP) is 3.75. The van der Waals surface area contributed by atoms with Gasteiger partial charge in [0.05, 0.1) is 0 Å². The SMILES string of the molecule is CC1CCc2ccccc2N1CCCCCNC1CC1. The van der Waals surface area contributed by atoms with Crippen LogP contribution in [0.15, 0.2) is 24.3 Å². The molecule has 1 N–H and O–H groups in total. The second-order valence-electron chi connectivity index (χ2n) is 6.50. The van der Waals surface area contributed by atoms with Crippen molar-refractivity contribution in [3.8, 4) is 0 Å². The van der Waals surface area contributed by atoms with E-state index in [9.17, 15) is 0 Å². The Labute approximate surface area is 123 Å². The van der Waals surface area contributed by atoms with Crippen molar-refractivity contribution in [2.45, 2.75) is 64.0 Å². The van der Waals surface area contributed by atoms with Crippen LogP contribution >= 0.6 is 0 Å². The second-order valence-corrected chi connectivity index (χ2v) is 6.50. The Morgan fingerprint density at radius 1 is 1.10 bits per heavy atom. The molecule has 1 aliphatic carbocycles. The first kappa shape index (κ1) is 13.9. The van der Waals surface area contributed by atoms with Gasteiger partial charge in [0.15, 0.2) is 0 Å². The van der Waals surface area contributed by atoms with E-state index >= 15 is 0 Å². The van der Waals surface area contributed by atoms with Crippen LogP contribution < -0.4 is 10.2 Å². The molecule has 20 heavy (non-hydrogen) atoms. The number of hydrogen-bond acceptors (Lipinski definition) is 2. The van der Waals surface area contributed by atoms with E-state index in [0.717, 1.165) is 6.04 Å². The van der Waals surface area contributed by atoms with E-state index in [-0.39, 0.29) is 0 Å². The van der Waals surface area contributed by atoms with Gasteiger partial charge in [-0.2, -0.15) is 0 Å². The van der Waals surface area contributed by atoms with Crippen LogP contribution in [-0.2, 0) is 6.42 Å². The molecule has 1 fully saturated rings. The molecule has 2 nitrogen and oxygen atoms in total.